The first-order valence-corrected chi connectivity index (χ1v) is 9.97. The van der Waals surface area contributed by atoms with Gasteiger partial charge in [0, 0.05) is 37.8 Å². The number of imidazole rings is 2. The first kappa shape index (κ1) is 20.6. The number of carbonyl (C=O) groups is 1. The predicted molar refractivity (Wildman–Crippen MR) is 114 cm³/mol. The van der Waals surface area contributed by atoms with Crippen LogP contribution in [0.3, 0.4) is 0 Å². The van der Waals surface area contributed by atoms with Crippen LogP contribution < -0.4 is 11.2 Å². The van der Waals surface area contributed by atoms with E-state index in [-0.39, 0.29) is 18.8 Å². The zero-order valence-electron chi connectivity index (χ0n) is 17.5. The van der Waals surface area contributed by atoms with E-state index >= 15 is 0 Å². The molecule has 1 N–H and O–H groups in total. The van der Waals surface area contributed by atoms with Crippen molar-refractivity contribution in [2.24, 2.45) is 7.05 Å². The molecule has 0 bridgehead atoms. The van der Waals surface area contributed by atoms with Gasteiger partial charge < -0.3 is 9.84 Å². The molecule has 4 aromatic rings. The third-order valence-electron chi connectivity index (χ3n) is 5.20. The average Bonchev–Trinajstić information content (AvgIpc) is 3.27. The van der Waals surface area contributed by atoms with E-state index in [1.807, 2.05) is 11.5 Å². The number of carbonyl (C=O) groups excluding carboxylic acids is 1. The molecule has 0 fully saturated rings. The second kappa shape index (κ2) is 7.88. The van der Waals surface area contributed by atoms with Crippen molar-refractivity contribution in [1.82, 2.24) is 23.1 Å². The van der Waals surface area contributed by atoms with E-state index in [1.165, 1.54) is 4.57 Å². The number of hydrogen-bond donors (Lipinski definition) is 1. The van der Waals surface area contributed by atoms with Crippen LogP contribution in [0.5, 0.6) is 0 Å². The normalized spacial score (nSPS) is 11.5. The van der Waals surface area contributed by atoms with Gasteiger partial charge in [-0.2, -0.15) is 4.98 Å². The Balaban J connectivity index is 1.92. The Morgan fingerprint density at radius 2 is 1.90 bits per heavy atom. The highest BCUT2D eigenvalue weighted by Gasteiger charge is 2.20. The lowest BCUT2D eigenvalue weighted by Gasteiger charge is -2.07. The molecular formula is C21H23N5O5. The molecule has 0 saturated carbocycles. The fourth-order valence-electron chi connectivity index (χ4n) is 3.72. The van der Waals surface area contributed by atoms with Gasteiger partial charge in [0.2, 0.25) is 5.78 Å². The number of aromatic nitrogens is 5. The summed E-state index contributed by atoms with van der Waals surface area (Å²) < 4.78 is 11.0. The summed E-state index contributed by atoms with van der Waals surface area (Å²) in [5, 5.41) is 9.10. The largest absolute Gasteiger partial charge is 0.462 e. The van der Waals surface area contributed by atoms with Gasteiger partial charge in [-0.3, -0.25) is 22.9 Å². The predicted octanol–water partition coefficient (Wildman–Crippen LogP) is 1.01. The van der Waals surface area contributed by atoms with Crippen LogP contribution in [0, 0.1) is 6.92 Å². The molecule has 4 rings (SSSR count). The van der Waals surface area contributed by atoms with Gasteiger partial charge in [-0.05, 0) is 44.5 Å². The van der Waals surface area contributed by atoms with Crippen molar-refractivity contribution in [3.05, 3.63) is 62.6 Å². The van der Waals surface area contributed by atoms with Gasteiger partial charge >= 0.3 is 11.7 Å². The van der Waals surface area contributed by atoms with Crippen LogP contribution >= 0.6 is 0 Å². The quantitative estimate of drug-likeness (QED) is 0.461. The Morgan fingerprint density at radius 3 is 2.55 bits per heavy atom. The summed E-state index contributed by atoms with van der Waals surface area (Å²) >= 11 is 0. The van der Waals surface area contributed by atoms with E-state index in [0.717, 1.165) is 15.9 Å². The molecule has 0 saturated heterocycles. The lowest BCUT2D eigenvalue weighted by molar-refractivity contribution is 0.0526. The first-order valence-electron chi connectivity index (χ1n) is 9.97. The van der Waals surface area contributed by atoms with Crippen molar-refractivity contribution in [1.29, 1.82) is 0 Å². The van der Waals surface area contributed by atoms with Gasteiger partial charge in [-0.1, -0.05) is 0 Å². The highest BCUT2D eigenvalue weighted by molar-refractivity contribution is 5.89. The Hall–Kier alpha value is -3.66. The van der Waals surface area contributed by atoms with Gasteiger partial charge in [0.15, 0.2) is 11.2 Å². The molecule has 1 aromatic carbocycles. The van der Waals surface area contributed by atoms with Gasteiger partial charge in [-0.25, -0.2) is 9.59 Å². The number of ether oxygens (including phenoxy) is 1. The molecule has 0 atom stereocenters. The number of nitrogens with zero attached hydrogens (tertiary/aromatic N) is 5. The second-order valence-corrected chi connectivity index (χ2v) is 7.20. The Kier molecular flexibility index (Phi) is 5.24. The fourth-order valence-corrected chi connectivity index (χ4v) is 3.72. The van der Waals surface area contributed by atoms with Crippen LogP contribution in [0.2, 0.25) is 0 Å². The number of aliphatic hydroxyl groups excluding tert-OH is 1. The second-order valence-electron chi connectivity index (χ2n) is 7.20. The maximum atomic E-state index is 13.1. The van der Waals surface area contributed by atoms with Crippen LogP contribution in [0.25, 0.3) is 22.6 Å². The fraction of sp³-hybridized carbons (Fsp3) is 0.333. The zero-order valence-corrected chi connectivity index (χ0v) is 17.5. The van der Waals surface area contributed by atoms with Crippen molar-refractivity contribution in [2.75, 3.05) is 13.2 Å². The van der Waals surface area contributed by atoms with Crippen LogP contribution in [0.1, 0.15) is 29.4 Å². The van der Waals surface area contributed by atoms with E-state index in [9.17, 15) is 14.4 Å². The highest BCUT2D eigenvalue weighted by Crippen LogP contribution is 2.21. The smallest absolute Gasteiger partial charge is 0.338 e. The van der Waals surface area contributed by atoms with Crippen LogP contribution in [-0.4, -0.2) is 47.4 Å². The molecule has 3 aromatic heterocycles. The van der Waals surface area contributed by atoms with Gasteiger partial charge in [0.25, 0.3) is 5.56 Å². The average molecular weight is 425 g/mol. The molecule has 0 unspecified atom stereocenters. The topological polar surface area (TPSA) is 113 Å². The minimum atomic E-state index is -0.478. The number of aliphatic hydroxyl groups is 1. The molecule has 31 heavy (non-hydrogen) atoms. The summed E-state index contributed by atoms with van der Waals surface area (Å²) in [6, 6.07) is 6.89. The summed E-state index contributed by atoms with van der Waals surface area (Å²) in [7, 11) is 1.57. The minimum Gasteiger partial charge on any atom is -0.462 e. The van der Waals surface area contributed by atoms with E-state index in [4.69, 9.17) is 9.84 Å². The van der Waals surface area contributed by atoms with Gasteiger partial charge in [0.1, 0.15) is 0 Å². The number of hydrogen-bond acceptors (Lipinski definition) is 6. The van der Waals surface area contributed by atoms with Crippen molar-refractivity contribution in [2.45, 2.75) is 26.8 Å². The van der Waals surface area contributed by atoms with Crippen molar-refractivity contribution in [3.63, 3.8) is 0 Å². The first-order chi connectivity index (χ1) is 14.9. The summed E-state index contributed by atoms with van der Waals surface area (Å²) in [5.41, 5.74) is 1.66. The lowest BCUT2D eigenvalue weighted by atomic mass is 10.2. The van der Waals surface area contributed by atoms with E-state index < -0.39 is 17.2 Å². The summed E-state index contributed by atoms with van der Waals surface area (Å²) in [4.78, 5) is 42.2. The van der Waals surface area contributed by atoms with Crippen molar-refractivity contribution < 1.29 is 14.6 Å². The number of benzene rings is 1. The molecule has 0 amide bonds. The van der Waals surface area contributed by atoms with Gasteiger partial charge in [-0.15, -0.1) is 0 Å². The maximum Gasteiger partial charge on any atom is 0.338 e. The standard InChI is InChI=1S/C21H23N5O5/c1-4-31-19(29)14-6-8-15(9-7-14)26-13(2)12-25-16-17(22-20(25)26)23(3)21(30)24(18(16)28)10-5-11-27/h6-9,12,27H,4-5,10-11H2,1-3H3. The number of fused-ring (bicyclic) bond motifs is 3. The lowest BCUT2D eigenvalue weighted by Crippen LogP contribution is -2.39. The highest BCUT2D eigenvalue weighted by atomic mass is 16.5. The van der Waals surface area contributed by atoms with E-state index in [0.29, 0.717) is 29.9 Å². The zero-order chi connectivity index (χ0) is 22.3. The molecule has 0 radical (unpaired) electrons. The van der Waals surface area contributed by atoms with Crippen LogP contribution in [0.15, 0.2) is 40.1 Å². The Labute approximate surface area is 176 Å². The number of esters is 1. The molecule has 10 nitrogen and oxygen atoms in total. The summed E-state index contributed by atoms with van der Waals surface area (Å²) in [6.45, 7) is 3.94. The third-order valence-corrected chi connectivity index (χ3v) is 5.20. The van der Waals surface area contributed by atoms with Gasteiger partial charge in [0.05, 0.1) is 12.2 Å². The molecule has 162 valence electrons. The molecule has 0 aliphatic heterocycles. The SMILES string of the molecule is CCOC(=O)c1ccc(-n2c(C)cn3c4c(=O)n(CCCO)c(=O)n(C)c4nc23)cc1. The Bertz CT molecular complexity index is 1400. The minimum absolute atomic E-state index is 0.118. The summed E-state index contributed by atoms with van der Waals surface area (Å²) in [6.07, 6.45) is 2.08. The molecule has 10 heteroatoms. The number of rotatable bonds is 6. The van der Waals surface area contributed by atoms with Crippen molar-refractivity contribution in [3.8, 4) is 5.69 Å². The number of aryl methyl sites for hydroxylation is 2. The third kappa shape index (κ3) is 3.25. The Morgan fingerprint density at radius 1 is 1.19 bits per heavy atom. The van der Waals surface area contributed by atoms with Crippen LogP contribution in [0.4, 0.5) is 0 Å². The molecule has 0 spiro atoms. The van der Waals surface area contributed by atoms with E-state index in [2.05, 4.69) is 4.98 Å². The molecular weight excluding hydrogens is 402 g/mol. The monoisotopic (exact) mass is 425 g/mol. The summed E-state index contributed by atoms with van der Waals surface area (Å²) in [5.74, 6) is 0.0804. The van der Waals surface area contributed by atoms with Crippen molar-refractivity contribution >= 4 is 22.9 Å². The molecule has 0 aliphatic carbocycles. The molecule has 3 heterocycles. The van der Waals surface area contributed by atoms with E-state index in [1.54, 1.807) is 48.8 Å². The molecule has 0 aliphatic rings. The van der Waals surface area contributed by atoms with Crippen LogP contribution in [-0.2, 0) is 18.3 Å². The maximum absolute atomic E-state index is 13.1.